The Morgan fingerprint density at radius 3 is 2.36 bits per heavy atom. The molecule has 282 valence electrons. The van der Waals surface area contributed by atoms with Gasteiger partial charge in [-0.2, -0.15) is 0 Å². The van der Waals surface area contributed by atoms with Crippen LogP contribution in [0.3, 0.4) is 0 Å². The highest BCUT2D eigenvalue weighted by Gasteiger charge is 2.46. The lowest BCUT2D eigenvalue weighted by atomic mass is 9.78. The summed E-state index contributed by atoms with van der Waals surface area (Å²) in [7, 11) is -4.82. The summed E-state index contributed by atoms with van der Waals surface area (Å²) in [4.78, 5) is 76.1. The molecule has 0 saturated heterocycles. The molecule has 14 nitrogen and oxygen atoms in total. The molecule has 5 rings (SSSR count). The van der Waals surface area contributed by atoms with Crippen molar-refractivity contribution in [3.63, 3.8) is 0 Å². The second-order valence-corrected chi connectivity index (χ2v) is 15.1. The number of hydrogen-bond donors (Lipinski definition) is 7. The quantitative estimate of drug-likeness (QED) is 0.0868. The van der Waals surface area contributed by atoms with E-state index in [2.05, 4.69) is 25.5 Å². The predicted molar refractivity (Wildman–Crippen MR) is 198 cm³/mol. The lowest BCUT2D eigenvalue weighted by Crippen LogP contribution is -2.66. The second-order valence-electron chi connectivity index (χ2n) is 13.1. The normalized spacial score (nSPS) is 17.2. The van der Waals surface area contributed by atoms with Crippen molar-refractivity contribution in [1.29, 1.82) is 0 Å². The zero-order chi connectivity index (χ0) is 38.5. The first-order valence-corrected chi connectivity index (χ1v) is 19.1. The molecule has 0 radical (unpaired) electrons. The van der Waals surface area contributed by atoms with Gasteiger partial charge in [0.15, 0.2) is 0 Å². The number of aromatic nitrogens is 1. The first-order chi connectivity index (χ1) is 25.1. The molecular formula is C36H40Cl2N5O9P. The van der Waals surface area contributed by atoms with E-state index in [1.54, 1.807) is 43.3 Å². The first-order valence-electron chi connectivity index (χ1n) is 16.8. The van der Waals surface area contributed by atoms with E-state index in [1.165, 1.54) is 24.3 Å². The number of ether oxygens (including phenoxy) is 1. The molecule has 4 amide bonds. The number of nitrogens with two attached hydrogens (primary N) is 1. The molecule has 1 aromatic heterocycles. The van der Waals surface area contributed by atoms with Gasteiger partial charge in [0.25, 0.3) is 0 Å². The van der Waals surface area contributed by atoms with Crippen LogP contribution in [0.5, 0.6) is 5.75 Å². The molecule has 0 spiro atoms. The number of halogens is 2. The maximum absolute atomic E-state index is 14.4. The van der Waals surface area contributed by atoms with Crippen LogP contribution in [-0.2, 0) is 49.6 Å². The van der Waals surface area contributed by atoms with E-state index in [1.807, 2.05) is 13.0 Å². The Hall–Kier alpha value is -4.59. The lowest BCUT2D eigenvalue weighted by Gasteiger charge is -2.39. The molecule has 4 aromatic rings. The third-order valence-corrected chi connectivity index (χ3v) is 10.3. The van der Waals surface area contributed by atoms with Crippen LogP contribution in [0.25, 0.3) is 10.9 Å². The number of phosphoric acid groups is 1. The van der Waals surface area contributed by atoms with E-state index in [4.69, 9.17) is 33.7 Å². The number of fused-ring (bicyclic) bond motifs is 3. The monoisotopic (exact) mass is 787 g/mol. The number of aryl methyl sites for hydroxylation is 1. The van der Waals surface area contributed by atoms with Gasteiger partial charge in [0.2, 0.25) is 17.7 Å². The van der Waals surface area contributed by atoms with Gasteiger partial charge >= 0.3 is 13.9 Å². The van der Waals surface area contributed by atoms with Gasteiger partial charge in [0.05, 0.1) is 10.5 Å². The summed E-state index contributed by atoms with van der Waals surface area (Å²) in [5.74, 6) is -2.56. The Balaban J connectivity index is 1.49. The predicted octanol–water partition coefficient (Wildman–Crippen LogP) is 4.84. The Morgan fingerprint density at radius 2 is 1.72 bits per heavy atom. The number of aromatic amines is 1. The van der Waals surface area contributed by atoms with Crippen LogP contribution < -0.4 is 26.2 Å². The molecule has 0 aliphatic heterocycles. The van der Waals surface area contributed by atoms with Crippen LogP contribution in [0, 0.1) is 5.92 Å². The SMILES string of the molecule is CC[C@H](C)[C@H](NC(=O)[C@@]1(NC(=O)C(Cc2ccc(OP(=O)(O)O)cc2)NC(=O)OCc2ccccc2)CCc2[nH]c3c(Cl)cc(Cl)cc3c2C1)C(N)=O. The van der Waals surface area contributed by atoms with E-state index in [-0.39, 0.29) is 37.5 Å². The molecule has 1 heterocycles. The Labute approximate surface area is 315 Å². The zero-order valence-corrected chi connectivity index (χ0v) is 31.3. The minimum absolute atomic E-state index is 0.0256. The van der Waals surface area contributed by atoms with Crippen LogP contribution in [0.1, 0.15) is 49.1 Å². The highest BCUT2D eigenvalue weighted by Crippen LogP contribution is 2.39. The molecular weight excluding hydrogens is 748 g/mol. The van der Waals surface area contributed by atoms with Crippen molar-refractivity contribution >= 4 is 65.7 Å². The van der Waals surface area contributed by atoms with Crippen LogP contribution >= 0.6 is 31.0 Å². The van der Waals surface area contributed by atoms with Gasteiger partial charge in [-0.25, -0.2) is 9.36 Å². The molecule has 1 aliphatic carbocycles. The number of amides is 4. The fraction of sp³-hybridized carbons (Fsp3) is 0.333. The van der Waals surface area contributed by atoms with Gasteiger partial charge in [-0.1, -0.05) is 85.9 Å². The van der Waals surface area contributed by atoms with Crippen molar-refractivity contribution in [2.45, 2.75) is 70.2 Å². The molecule has 0 bridgehead atoms. The number of benzene rings is 3. The summed E-state index contributed by atoms with van der Waals surface area (Å²) >= 11 is 12.9. The molecule has 0 fully saturated rings. The standard InChI is InChI=1S/C36H40Cl2N5O9P/c1-3-20(2)30(32(39)44)42-34(46)36(14-13-28-26(18-36)25-16-23(37)17-27(38)31(25)40-28)43-33(45)29(41-35(47)51-19-22-7-5-4-6-8-22)15-21-9-11-24(12-10-21)52-53(48,49)50/h4-12,16-17,20,29-30,40H,3,13-15,18-19H2,1-2H3,(H2,39,44)(H,41,47)(H,42,46)(H,43,45)(H2,48,49,50)/t20-,29?,30-,36+/m0/s1. The molecule has 1 aliphatic rings. The van der Waals surface area contributed by atoms with E-state index in [9.17, 15) is 33.5 Å². The maximum Gasteiger partial charge on any atom is 0.524 e. The number of hydrogen-bond acceptors (Lipinski definition) is 7. The highest BCUT2D eigenvalue weighted by molar-refractivity contribution is 7.46. The Bertz CT molecular complexity index is 2040. The number of phosphoric ester groups is 1. The van der Waals surface area contributed by atoms with Crippen molar-refractivity contribution < 1.29 is 42.8 Å². The molecule has 1 unspecified atom stereocenters. The smallest absolute Gasteiger partial charge is 0.445 e. The van der Waals surface area contributed by atoms with Gasteiger partial charge < -0.3 is 35.9 Å². The summed E-state index contributed by atoms with van der Waals surface area (Å²) in [6.07, 6.45) is -0.129. The molecule has 17 heteroatoms. The molecule has 8 N–H and O–H groups in total. The van der Waals surface area contributed by atoms with Gasteiger partial charge in [-0.3, -0.25) is 24.2 Å². The van der Waals surface area contributed by atoms with Crippen molar-refractivity contribution in [1.82, 2.24) is 20.9 Å². The summed E-state index contributed by atoms with van der Waals surface area (Å²) in [5.41, 5.74) is 7.37. The fourth-order valence-electron chi connectivity index (χ4n) is 6.34. The largest absolute Gasteiger partial charge is 0.524 e. The van der Waals surface area contributed by atoms with E-state index >= 15 is 0 Å². The second kappa shape index (κ2) is 16.6. The van der Waals surface area contributed by atoms with Crippen molar-refractivity contribution in [3.05, 3.63) is 99.2 Å². The van der Waals surface area contributed by atoms with E-state index in [0.717, 1.165) is 5.69 Å². The summed E-state index contributed by atoms with van der Waals surface area (Å²) < 4.78 is 21.4. The van der Waals surface area contributed by atoms with Gasteiger partial charge in [0, 0.05) is 28.9 Å². The number of carbonyl (C=O) groups excluding carboxylic acids is 4. The molecule has 3 aromatic carbocycles. The third-order valence-electron chi connectivity index (χ3n) is 9.31. The number of primary amides is 1. The average Bonchev–Trinajstić information content (AvgIpc) is 3.47. The van der Waals surface area contributed by atoms with Gasteiger partial charge in [0.1, 0.15) is 30.0 Å². The summed E-state index contributed by atoms with van der Waals surface area (Å²) in [6, 6.07) is 15.4. The number of nitrogens with one attached hydrogen (secondary N) is 4. The third kappa shape index (κ3) is 9.89. The van der Waals surface area contributed by atoms with Crippen molar-refractivity contribution in [2.24, 2.45) is 11.7 Å². The molecule has 4 atom stereocenters. The average molecular weight is 789 g/mol. The number of H-pyrrole nitrogens is 1. The van der Waals surface area contributed by atoms with E-state index in [0.29, 0.717) is 50.5 Å². The van der Waals surface area contributed by atoms with Crippen LogP contribution in [0.2, 0.25) is 10.0 Å². The fourth-order valence-corrected chi connectivity index (χ4v) is 7.27. The lowest BCUT2D eigenvalue weighted by molar-refractivity contribution is -0.137. The van der Waals surface area contributed by atoms with Crippen LogP contribution in [0.4, 0.5) is 4.79 Å². The Morgan fingerprint density at radius 1 is 1.02 bits per heavy atom. The van der Waals surface area contributed by atoms with E-state index < -0.39 is 49.3 Å². The maximum atomic E-state index is 14.4. The molecule has 0 saturated carbocycles. The number of rotatable bonds is 14. The molecule has 53 heavy (non-hydrogen) atoms. The zero-order valence-electron chi connectivity index (χ0n) is 28.9. The summed E-state index contributed by atoms with van der Waals surface area (Å²) in [5, 5.41) is 9.72. The van der Waals surface area contributed by atoms with Gasteiger partial charge in [-0.05, 0) is 59.7 Å². The minimum atomic E-state index is -4.82. The van der Waals surface area contributed by atoms with Crippen molar-refractivity contribution in [2.75, 3.05) is 0 Å². The topological polar surface area (TPSA) is 222 Å². The van der Waals surface area contributed by atoms with Crippen molar-refractivity contribution in [3.8, 4) is 5.75 Å². The Kier molecular flexibility index (Phi) is 12.4. The summed E-state index contributed by atoms with van der Waals surface area (Å²) in [6.45, 7) is 3.55. The number of carbonyl (C=O) groups is 4. The van der Waals surface area contributed by atoms with Gasteiger partial charge in [-0.15, -0.1) is 0 Å². The minimum Gasteiger partial charge on any atom is -0.445 e. The van der Waals surface area contributed by atoms with Crippen LogP contribution in [0.15, 0.2) is 66.7 Å². The van der Waals surface area contributed by atoms with Crippen LogP contribution in [-0.4, -0.2) is 56.2 Å². The number of alkyl carbamates (subject to hydrolysis) is 1. The highest BCUT2D eigenvalue weighted by atomic mass is 35.5. The first kappa shape index (κ1) is 39.6.